The Morgan fingerprint density at radius 2 is 2.14 bits per heavy atom. The lowest BCUT2D eigenvalue weighted by Crippen LogP contribution is -2.40. The summed E-state index contributed by atoms with van der Waals surface area (Å²) >= 11 is 0. The molecule has 0 bridgehead atoms. The largest absolute Gasteiger partial charge is 0.377 e. The van der Waals surface area contributed by atoms with Crippen molar-refractivity contribution >= 4 is 5.96 Å². The lowest BCUT2D eigenvalue weighted by Gasteiger charge is -2.13. The van der Waals surface area contributed by atoms with E-state index < -0.39 is 0 Å². The smallest absolute Gasteiger partial charge is 0.191 e. The molecule has 0 spiro atoms. The van der Waals surface area contributed by atoms with Crippen LogP contribution in [0.1, 0.15) is 12.8 Å². The molecule has 1 unspecified atom stereocenters. The van der Waals surface area contributed by atoms with Gasteiger partial charge in [-0.2, -0.15) is 0 Å². The number of nitrogens with zero attached hydrogens (tertiary/aromatic N) is 2. The van der Waals surface area contributed by atoms with Crippen LogP contribution in [0.4, 0.5) is 0 Å². The van der Waals surface area contributed by atoms with Crippen molar-refractivity contribution in [1.29, 1.82) is 0 Å². The van der Waals surface area contributed by atoms with Crippen molar-refractivity contribution in [2.75, 3.05) is 40.0 Å². The average Bonchev–Trinajstić information content (AvgIpc) is 3.18. The predicted molar refractivity (Wildman–Crippen MR) is 83.6 cm³/mol. The van der Waals surface area contributed by atoms with Gasteiger partial charge in [0.05, 0.1) is 19.3 Å². The van der Waals surface area contributed by atoms with E-state index in [2.05, 4.69) is 32.6 Å². The zero-order valence-electron chi connectivity index (χ0n) is 12.8. The molecule has 2 rings (SSSR count). The van der Waals surface area contributed by atoms with E-state index in [9.17, 15) is 0 Å². The van der Waals surface area contributed by atoms with Gasteiger partial charge in [-0.1, -0.05) is 0 Å². The molecule has 1 aromatic rings. The predicted octanol–water partition coefficient (Wildman–Crippen LogP) is 0.849. The van der Waals surface area contributed by atoms with Gasteiger partial charge in [0.2, 0.25) is 0 Å². The number of nitrogens with one attached hydrogen (secondary N) is 2. The highest BCUT2D eigenvalue weighted by atomic mass is 16.5. The van der Waals surface area contributed by atoms with E-state index in [1.54, 1.807) is 7.05 Å². The van der Waals surface area contributed by atoms with Crippen molar-refractivity contribution in [3.05, 3.63) is 24.5 Å². The molecule has 1 atom stereocenters. The van der Waals surface area contributed by atoms with Gasteiger partial charge in [0.15, 0.2) is 5.96 Å². The van der Waals surface area contributed by atoms with Crippen LogP contribution in [0.15, 0.2) is 29.5 Å². The second-order valence-corrected chi connectivity index (χ2v) is 5.06. The normalized spacial score (nSPS) is 18.9. The van der Waals surface area contributed by atoms with Crippen molar-refractivity contribution in [3.63, 3.8) is 0 Å². The maximum atomic E-state index is 5.60. The molecule has 0 amide bonds. The Kier molecular flexibility index (Phi) is 7.11. The summed E-state index contributed by atoms with van der Waals surface area (Å²) in [6.07, 6.45) is 6.68. The first-order valence-electron chi connectivity index (χ1n) is 7.63. The summed E-state index contributed by atoms with van der Waals surface area (Å²) in [6, 6.07) is 4.05. The maximum absolute atomic E-state index is 5.60. The highest BCUT2D eigenvalue weighted by Gasteiger charge is 2.14. The van der Waals surface area contributed by atoms with E-state index in [0.717, 1.165) is 45.0 Å². The van der Waals surface area contributed by atoms with Crippen LogP contribution in [0.5, 0.6) is 0 Å². The minimum atomic E-state index is 0.295. The van der Waals surface area contributed by atoms with Crippen LogP contribution in [0.3, 0.4) is 0 Å². The van der Waals surface area contributed by atoms with Crippen LogP contribution in [0, 0.1) is 0 Å². The molecule has 21 heavy (non-hydrogen) atoms. The average molecular weight is 294 g/mol. The van der Waals surface area contributed by atoms with Gasteiger partial charge in [0, 0.05) is 45.7 Å². The van der Waals surface area contributed by atoms with Crippen LogP contribution in [0.25, 0.3) is 0 Å². The van der Waals surface area contributed by atoms with Crippen LogP contribution in [0.2, 0.25) is 0 Å². The molecule has 0 radical (unpaired) electrons. The molecule has 1 saturated heterocycles. The molecule has 1 aliphatic rings. The molecule has 6 nitrogen and oxygen atoms in total. The quantitative estimate of drug-likeness (QED) is 0.424. The Hall–Kier alpha value is -1.53. The molecular formula is C15H26N4O2. The first-order valence-corrected chi connectivity index (χ1v) is 7.63. The Morgan fingerprint density at radius 1 is 1.33 bits per heavy atom. The fraction of sp³-hybridized carbons (Fsp3) is 0.667. The monoisotopic (exact) mass is 294 g/mol. The minimum absolute atomic E-state index is 0.295. The van der Waals surface area contributed by atoms with Gasteiger partial charge in [-0.25, -0.2) is 0 Å². The Balaban J connectivity index is 1.49. The summed E-state index contributed by atoms with van der Waals surface area (Å²) < 4.78 is 13.2. The van der Waals surface area contributed by atoms with Crippen molar-refractivity contribution < 1.29 is 9.47 Å². The van der Waals surface area contributed by atoms with Crippen LogP contribution in [-0.4, -0.2) is 56.6 Å². The van der Waals surface area contributed by atoms with E-state index in [4.69, 9.17) is 9.47 Å². The van der Waals surface area contributed by atoms with Gasteiger partial charge in [0.25, 0.3) is 0 Å². The molecule has 6 heteroatoms. The second kappa shape index (κ2) is 9.41. The molecule has 2 heterocycles. The van der Waals surface area contributed by atoms with E-state index in [1.165, 1.54) is 0 Å². The number of aromatic nitrogens is 1. The molecular weight excluding hydrogens is 268 g/mol. The molecule has 0 saturated carbocycles. The third kappa shape index (κ3) is 6.18. The van der Waals surface area contributed by atoms with Gasteiger partial charge >= 0.3 is 0 Å². The van der Waals surface area contributed by atoms with Crippen LogP contribution < -0.4 is 10.6 Å². The molecule has 0 aromatic carbocycles. The molecule has 118 valence electrons. The van der Waals surface area contributed by atoms with Gasteiger partial charge in [0.1, 0.15) is 0 Å². The van der Waals surface area contributed by atoms with E-state index >= 15 is 0 Å². The summed E-state index contributed by atoms with van der Waals surface area (Å²) in [5.74, 6) is 0.808. The first kappa shape index (κ1) is 15.9. The Morgan fingerprint density at radius 3 is 2.86 bits per heavy atom. The van der Waals surface area contributed by atoms with Crippen molar-refractivity contribution in [3.8, 4) is 0 Å². The SMILES string of the molecule is CN=C(NCCOCC1CCCO1)NCCn1cccc1. The number of hydrogen-bond donors (Lipinski definition) is 2. The zero-order chi connectivity index (χ0) is 14.8. The third-order valence-corrected chi connectivity index (χ3v) is 3.42. The second-order valence-electron chi connectivity index (χ2n) is 5.06. The standard InChI is InChI=1S/C15H26N4O2/c1-16-15(17-6-10-19-8-2-3-9-19)18-7-12-20-13-14-5-4-11-21-14/h2-3,8-9,14H,4-7,10-13H2,1H3,(H2,16,17,18). The van der Waals surface area contributed by atoms with Gasteiger partial charge < -0.3 is 24.7 Å². The summed E-state index contributed by atoms with van der Waals surface area (Å²) in [7, 11) is 1.78. The lowest BCUT2D eigenvalue weighted by molar-refractivity contribution is 0.0191. The number of hydrogen-bond acceptors (Lipinski definition) is 3. The maximum Gasteiger partial charge on any atom is 0.191 e. The fourth-order valence-corrected chi connectivity index (χ4v) is 2.28. The summed E-state index contributed by atoms with van der Waals surface area (Å²) in [4.78, 5) is 4.19. The van der Waals surface area contributed by atoms with Crippen LogP contribution in [-0.2, 0) is 16.0 Å². The van der Waals surface area contributed by atoms with Crippen molar-refractivity contribution in [1.82, 2.24) is 15.2 Å². The fourth-order valence-electron chi connectivity index (χ4n) is 2.28. The van der Waals surface area contributed by atoms with Crippen LogP contribution >= 0.6 is 0 Å². The van der Waals surface area contributed by atoms with Crippen molar-refractivity contribution in [2.24, 2.45) is 4.99 Å². The van der Waals surface area contributed by atoms with Gasteiger partial charge in [-0.05, 0) is 25.0 Å². The van der Waals surface area contributed by atoms with Crippen molar-refractivity contribution in [2.45, 2.75) is 25.5 Å². The lowest BCUT2D eigenvalue weighted by atomic mass is 10.2. The van der Waals surface area contributed by atoms with E-state index in [0.29, 0.717) is 19.3 Å². The Labute approximate surface area is 126 Å². The zero-order valence-corrected chi connectivity index (χ0v) is 12.8. The Bertz CT molecular complexity index is 400. The molecule has 2 N–H and O–H groups in total. The highest BCUT2D eigenvalue weighted by Crippen LogP contribution is 2.11. The molecule has 1 fully saturated rings. The number of aliphatic imine (C=N–C) groups is 1. The third-order valence-electron chi connectivity index (χ3n) is 3.42. The summed E-state index contributed by atoms with van der Waals surface area (Å²) in [6.45, 7) is 4.74. The number of rotatable bonds is 8. The summed E-state index contributed by atoms with van der Waals surface area (Å²) in [5, 5.41) is 6.52. The topological polar surface area (TPSA) is 59.8 Å². The minimum Gasteiger partial charge on any atom is -0.377 e. The number of ether oxygens (including phenoxy) is 2. The molecule has 1 aliphatic heterocycles. The molecule has 0 aliphatic carbocycles. The first-order chi connectivity index (χ1) is 10.4. The highest BCUT2D eigenvalue weighted by molar-refractivity contribution is 5.79. The number of guanidine groups is 1. The molecule has 1 aromatic heterocycles. The van der Waals surface area contributed by atoms with Gasteiger partial charge in [-0.15, -0.1) is 0 Å². The van der Waals surface area contributed by atoms with Gasteiger partial charge in [-0.3, -0.25) is 4.99 Å². The summed E-state index contributed by atoms with van der Waals surface area (Å²) in [5.41, 5.74) is 0. The van der Waals surface area contributed by atoms with E-state index in [-0.39, 0.29) is 0 Å². The van der Waals surface area contributed by atoms with E-state index in [1.807, 2.05) is 12.1 Å².